The Labute approximate surface area is 98.8 Å². The van der Waals surface area contributed by atoms with E-state index in [1.54, 1.807) is 0 Å². The Morgan fingerprint density at radius 3 is 2.62 bits per heavy atom. The molecule has 4 heteroatoms. The molecule has 1 heterocycles. The molecule has 1 fully saturated rings. The van der Waals surface area contributed by atoms with Gasteiger partial charge in [-0.1, -0.05) is 13.8 Å². The summed E-state index contributed by atoms with van der Waals surface area (Å²) in [5, 5.41) is 0. The lowest BCUT2D eigenvalue weighted by molar-refractivity contribution is -0.135. The molecule has 1 saturated heterocycles. The van der Waals surface area contributed by atoms with Crippen LogP contribution < -0.4 is 5.73 Å². The molecule has 0 bridgehead atoms. The molecule has 1 aliphatic rings. The fourth-order valence-electron chi connectivity index (χ4n) is 2.25. The summed E-state index contributed by atoms with van der Waals surface area (Å²) in [6, 6.07) is 0.191. The Balaban J connectivity index is 2.80. The van der Waals surface area contributed by atoms with Crippen molar-refractivity contribution in [1.29, 1.82) is 0 Å². The Kier molecular flexibility index (Phi) is 4.74. The van der Waals surface area contributed by atoms with E-state index in [0.29, 0.717) is 18.5 Å². The first-order valence-corrected chi connectivity index (χ1v) is 6.18. The maximum atomic E-state index is 12.2. The third-order valence-corrected chi connectivity index (χ3v) is 3.39. The van der Waals surface area contributed by atoms with Gasteiger partial charge >= 0.3 is 0 Å². The molecule has 0 aromatic heterocycles. The van der Waals surface area contributed by atoms with Gasteiger partial charge in [-0.3, -0.25) is 9.69 Å². The van der Waals surface area contributed by atoms with Crippen molar-refractivity contribution in [2.75, 3.05) is 26.7 Å². The standard InChI is InChI=1S/C12H25N3O/c1-9(2)8-15-6-5-10(3)14(4)12(16)11(15)7-13/h9-11H,5-8,13H2,1-4H3. The number of carbonyl (C=O) groups excluding carboxylic acids is 1. The fourth-order valence-corrected chi connectivity index (χ4v) is 2.25. The molecule has 0 aliphatic carbocycles. The van der Waals surface area contributed by atoms with Crippen LogP contribution in [0.1, 0.15) is 27.2 Å². The van der Waals surface area contributed by atoms with Crippen LogP contribution in [0.15, 0.2) is 0 Å². The zero-order chi connectivity index (χ0) is 12.3. The zero-order valence-electron chi connectivity index (χ0n) is 10.9. The summed E-state index contributed by atoms with van der Waals surface area (Å²) < 4.78 is 0. The largest absolute Gasteiger partial charge is 0.342 e. The summed E-state index contributed by atoms with van der Waals surface area (Å²) in [7, 11) is 1.88. The Bertz CT molecular complexity index is 242. The van der Waals surface area contributed by atoms with Gasteiger partial charge in [-0.25, -0.2) is 0 Å². The highest BCUT2D eigenvalue weighted by molar-refractivity contribution is 5.82. The minimum Gasteiger partial charge on any atom is -0.342 e. The van der Waals surface area contributed by atoms with Crippen molar-refractivity contribution >= 4 is 5.91 Å². The SMILES string of the molecule is CC(C)CN1CCC(C)N(C)C(=O)C1CN. The minimum absolute atomic E-state index is 0.127. The van der Waals surface area contributed by atoms with Gasteiger partial charge in [-0.15, -0.1) is 0 Å². The van der Waals surface area contributed by atoms with Crippen LogP contribution in [0.3, 0.4) is 0 Å². The van der Waals surface area contributed by atoms with Crippen LogP contribution >= 0.6 is 0 Å². The molecule has 0 aromatic rings. The molecule has 0 radical (unpaired) electrons. The highest BCUT2D eigenvalue weighted by Crippen LogP contribution is 2.16. The first-order chi connectivity index (χ1) is 7.47. The maximum Gasteiger partial charge on any atom is 0.241 e. The number of hydrogen-bond donors (Lipinski definition) is 1. The van der Waals surface area contributed by atoms with E-state index in [1.807, 2.05) is 11.9 Å². The summed E-state index contributed by atoms with van der Waals surface area (Å²) in [5.74, 6) is 0.744. The molecule has 16 heavy (non-hydrogen) atoms. The molecular formula is C12H25N3O. The van der Waals surface area contributed by atoms with Crippen LogP contribution in [0.2, 0.25) is 0 Å². The highest BCUT2D eigenvalue weighted by Gasteiger charge is 2.32. The maximum absolute atomic E-state index is 12.2. The predicted molar refractivity (Wildman–Crippen MR) is 66.1 cm³/mol. The van der Waals surface area contributed by atoms with Gasteiger partial charge in [0, 0.05) is 32.7 Å². The van der Waals surface area contributed by atoms with Gasteiger partial charge in [-0.05, 0) is 19.3 Å². The monoisotopic (exact) mass is 227 g/mol. The van der Waals surface area contributed by atoms with Gasteiger partial charge in [-0.2, -0.15) is 0 Å². The Morgan fingerprint density at radius 2 is 2.12 bits per heavy atom. The average molecular weight is 227 g/mol. The lowest BCUT2D eigenvalue weighted by atomic mass is 10.1. The molecule has 1 rings (SSSR count). The first kappa shape index (κ1) is 13.5. The van der Waals surface area contributed by atoms with Gasteiger partial charge in [0.2, 0.25) is 5.91 Å². The van der Waals surface area contributed by atoms with Gasteiger partial charge < -0.3 is 10.6 Å². The summed E-state index contributed by atoms with van der Waals surface area (Å²) in [5.41, 5.74) is 5.75. The van der Waals surface area contributed by atoms with Gasteiger partial charge in [0.15, 0.2) is 0 Å². The van der Waals surface area contributed by atoms with Crippen molar-refractivity contribution in [3.8, 4) is 0 Å². The van der Waals surface area contributed by atoms with E-state index < -0.39 is 0 Å². The van der Waals surface area contributed by atoms with Crippen molar-refractivity contribution < 1.29 is 4.79 Å². The van der Waals surface area contributed by atoms with Crippen molar-refractivity contribution in [3.63, 3.8) is 0 Å². The van der Waals surface area contributed by atoms with Crippen molar-refractivity contribution in [3.05, 3.63) is 0 Å². The summed E-state index contributed by atoms with van der Waals surface area (Å²) in [6.45, 7) is 8.80. The fraction of sp³-hybridized carbons (Fsp3) is 0.917. The second-order valence-corrected chi connectivity index (χ2v) is 5.23. The summed E-state index contributed by atoms with van der Waals surface area (Å²) in [6.07, 6.45) is 1.03. The van der Waals surface area contributed by atoms with Crippen molar-refractivity contribution in [1.82, 2.24) is 9.80 Å². The average Bonchev–Trinajstić information content (AvgIpc) is 2.31. The van der Waals surface area contributed by atoms with Gasteiger partial charge in [0.25, 0.3) is 0 Å². The van der Waals surface area contributed by atoms with Crippen LogP contribution in [0, 0.1) is 5.92 Å². The van der Waals surface area contributed by atoms with Gasteiger partial charge in [0.05, 0.1) is 0 Å². The summed E-state index contributed by atoms with van der Waals surface area (Å²) in [4.78, 5) is 16.3. The second-order valence-electron chi connectivity index (χ2n) is 5.23. The number of nitrogens with two attached hydrogens (primary N) is 1. The lowest BCUT2D eigenvalue weighted by Crippen LogP contribution is -2.50. The van der Waals surface area contributed by atoms with Crippen LogP contribution in [0.5, 0.6) is 0 Å². The summed E-state index contributed by atoms with van der Waals surface area (Å²) >= 11 is 0. The number of likely N-dealkylation sites (N-methyl/N-ethyl adjacent to an activating group) is 1. The Morgan fingerprint density at radius 1 is 1.50 bits per heavy atom. The molecule has 2 atom stereocenters. The molecule has 4 nitrogen and oxygen atoms in total. The number of nitrogens with zero attached hydrogens (tertiary/aromatic N) is 2. The van der Waals surface area contributed by atoms with Crippen LogP contribution in [0.4, 0.5) is 0 Å². The Hall–Kier alpha value is -0.610. The van der Waals surface area contributed by atoms with Gasteiger partial charge in [0.1, 0.15) is 6.04 Å². The van der Waals surface area contributed by atoms with E-state index in [-0.39, 0.29) is 11.9 Å². The van der Waals surface area contributed by atoms with E-state index in [4.69, 9.17) is 5.73 Å². The van der Waals surface area contributed by atoms with Crippen LogP contribution in [-0.4, -0.2) is 54.5 Å². The molecule has 2 N–H and O–H groups in total. The van der Waals surface area contributed by atoms with Crippen LogP contribution in [0.25, 0.3) is 0 Å². The predicted octanol–water partition coefficient (Wildman–Crippen LogP) is 0.522. The smallest absolute Gasteiger partial charge is 0.241 e. The number of amides is 1. The molecular weight excluding hydrogens is 202 g/mol. The topological polar surface area (TPSA) is 49.6 Å². The second kappa shape index (κ2) is 5.64. The van der Waals surface area contributed by atoms with E-state index in [9.17, 15) is 4.79 Å². The number of hydrogen-bond acceptors (Lipinski definition) is 3. The van der Waals surface area contributed by atoms with E-state index in [1.165, 1.54) is 0 Å². The van der Waals surface area contributed by atoms with E-state index in [0.717, 1.165) is 19.5 Å². The zero-order valence-corrected chi connectivity index (χ0v) is 10.9. The molecule has 0 aromatic carbocycles. The third-order valence-electron chi connectivity index (χ3n) is 3.39. The molecule has 2 unspecified atom stereocenters. The van der Waals surface area contributed by atoms with Crippen molar-refractivity contribution in [2.24, 2.45) is 11.7 Å². The molecule has 0 saturated carbocycles. The quantitative estimate of drug-likeness (QED) is 0.765. The molecule has 94 valence electrons. The molecule has 1 amide bonds. The lowest BCUT2D eigenvalue weighted by Gasteiger charge is -2.30. The highest BCUT2D eigenvalue weighted by atomic mass is 16.2. The number of carbonyl (C=O) groups is 1. The van der Waals surface area contributed by atoms with E-state index >= 15 is 0 Å². The van der Waals surface area contributed by atoms with Crippen LogP contribution in [-0.2, 0) is 4.79 Å². The number of rotatable bonds is 3. The molecule has 1 aliphatic heterocycles. The minimum atomic E-state index is -0.127. The molecule has 0 spiro atoms. The normalized spacial score (nSPS) is 28.6. The first-order valence-electron chi connectivity index (χ1n) is 6.18. The van der Waals surface area contributed by atoms with E-state index in [2.05, 4.69) is 25.7 Å². The van der Waals surface area contributed by atoms with Crippen molar-refractivity contribution in [2.45, 2.75) is 39.3 Å². The third kappa shape index (κ3) is 2.95.